The Labute approximate surface area is 210 Å². The lowest BCUT2D eigenvalue weighted by atomic mass is 9.32. The van der Waals surface area contributed by atoms with Crippen LogP contribution in [0, 0.1) is 56.7 Å². The summed E-state index contributed by atoms with van der Waals surface area (Å²) in [5.41, 5.74) is 3.21. The van der Waals surface area contributed by atoms with Gasteiger partial charge in [-0.2, -0.15) is 0 Å². The van der Waals surface area contributed by atoms with Crippen LogP contribution in [0.2, 0.25) is 0 Å². The number of rotatable bonds is 2. The molecule has 2 nitrogen and oxygen atoms in total. The third-order valence-corrected chi connectivity index (χ3v) is 13.8. The Morgan fingerprint density at radius 1 is 0.706 bits per heavy atom. The number of hydrogen-bond donors (Lipinski definition) is 0. The first-order valence-electron chi connectivity index (χ1n) is 14.5. The molecule has 0 heterocycles. The first kappa shape index (κ1) is 24.9. The monoisotopic (exact) mass is 468 g/mol. The van der Waals surface area contributed by atoms with Gasteiger partial charge in [0.2, 0.25) is 0 Å². The number of hydrogen-bond acceptors (Lipinski definition) is 2. The topological polar surface area (TPSA) is 26.3 Å². The van der Waals surface area contributed by atoms with Crippen molar-refractivity contribution in [3.05, 3.63) is 12.2 Å². The van der Waals surface area contributed by atoms with Gasteiger partial charge in [0.25, 0.3) is 0 Å². The van der Waals surface area contributed by atoms with E-state index in [-0.39, 0.29) is 17.5 Å². The third kappa shape index (κ3) is 3.01. The van der Waals surface area contributed by atoms with Gasteiger partial charge in [-0.1, -0.05) is 53.7 Å². The van der Waals surface area contributed by atoms with E-state index in [4.69, 9.17) is 4.74 Å². The molecule has 0 bridgehead atoms. The predicted octanol–water partition coefficient (Wildman–Crippen LogP) is 8.60. The molecule has 192 valence electrons. The highest BCUT2D eigenvalue weighted by atomic mass is 16.5. The summed E-state index contributed by atoms with van der Waals surface area (Å²) >= 11 is 0. The van der Waals surface area contributed by atoms with Crippen LogP contribution >= 0.6 is 0 Å². The van der Waals surface area contributed by atoms with E-state index in [0.29, 0.717) is 27.6 Å². The quantitative estimate of drug-likeness (QED) is 0.299. The maximum atomic E-state index is 11.9. The Bertz CT molecular complexity index is 872. The molecule has 0 aromatic heterocycles. The molecular formula is C32H52O2. The molecule has 34 heavy (non-hydrogen) atoms. The van der Waals surface area contributed by atoms with Gasteiger partial charge in [0.1, 0.15) is 6.10 Å². The van der Waals surface area contributed by atoms with Crippen LogP contribution in [0.15, 0.2) is 12.2 Å². The van der Waals surface area contributed by atoms with Gasteiger partial charge in [-0.25, -0.2) is 0 Å². The van der Waals surface area contributed by atoms with Crippen molar-refractivity contribution in [2.75, 3.05) is 0 Å². The molecule has 0 spiro atoms. The number of ether oxygens (including phenoxy) is 1. The molecule has 10 atom stereocenters. The zero-order valence-corrected chi connectivity index (χ0v) is 23.6. The fourth-order valence-electron chi connectivity index (χ4n) is 12.2. The minimum Gasteiger partial charge on any atom is -0.462 e. The fourth-order valence-corrected chi connectivity index (χ4v) is 12.2. The van der Waals surface area contributed by atoms with Crippen LogP contribution in [0.5, 0.6) is 0 Å². The predicted molar refractivity (Wildman–Crippen MR) is 140 cm³/mol. The van der Waals surface area contributed by atoms with Gasteiger partial charge < -0.3 is 4.74 Å². The van der Waals surface area contributed by atoms with Crippen molar-refractivity contribution in [1.82, 2.24) is 0 Å². The lowest BCUT2D eigenvalue weighted by Gasteiger charge is -2.73. The zero-order chi connectivity index (χ0) is 24.9. The largest absolute Gasteiger partial charge is 0.462 e. The Hall–Kier alpha value is -0.790. The van der Waals surface area contributed by atoms with E-state index in [1.807, 2.05) is 0 Å². The zero-order valence-electron chi connectivity index (χ0n) is 23.6. The average Bonchev–Trinajstić information content (AvgIpc) is 3.08. The van der Waals surface area contributed by atoms with Crippen molar-refractivity contribution < 1.29 is 9.53 Å². The highest BCUT2D eigenvalue weighted by molar-refractivity contribution is 5.66. The minimum absolute atomic E-state index is 0.0571. The fraction of sp³-hybridized carbons (Fsp3) is 0.906. The van der Waals surface area contributed by atoms with Crippen LogP contribution in [0.1, 0.15) is 120 Å². The van der Waals surface area contributed by atoms with E-state index in [1.165, 1.54) is 63.4 Å². The summed E-state index contributed by atoms with van der Waals surface area (Å²) in [6.07, 6.45) is 13.4. The molecule has 5 fully saturated rings. The molecule has 0 amide bonds. The van der Waals surface area contributed by atoms with Gasteiger partial charge >= 0.3 is 5.97 Å². The standard InChI is InChI=1S/C32H52O2/c1-20(2)22-12-16-29(6)23(22)13-18-31(8)25(29)10-11-26-30(7)17-15-27(34-21(3)33)28(4,5)24(30)14-19-32(26,31)9/h22-27H,1,10-19H2,2-9H3/t22-,23-,24-,25+,26+,27-,29-,30-,31+,32+/m0/s1. The van der Waals surface area contributed by atoms with Gasteiger partial charge in [0.05, 0.1) is 0 Å². The molecule has 0 aromatic rings. The van der Waals surface area contributed by atoms with Gasteiger partial charge in [-0.05, 0) is 122 Å². The minimum atomic E-state index is -0.107. The molecule has 5 aliphatic rings. The normalized spacial score (nSPS) is 53.6. The maximum absolute atomic E-state index is 11.9. The summed E-state index contributed by atoms with van der Waals surface area (Å²) < 4.78 is 5.91. The summed E-state index contributed by atoms with van der Waals surface area (Å²) in [6.45, 7) is 23.9. The second-order valence-corrected chi connectivity index (χ2v) is 15.2. The van der Waals surface area contributed by atoms with Crippen molar-refractivity contribution >= 4 is 5.97 Å². The highest BCUT2D eigenvalue weighted by Crippen LogP contribution is 2.78. The van der Waals surface area contributed by atoms with E-state index >= 15 is 0 Å². The second-order valence-electron chi connectivity index (χ2n) is 15.2. The van der Waals surface area contributed by atoms with Crippen molar-refractivity contribution in [1.29, 1.82) is 0 Å². The van der Waals surface area contributed by atoms with Crippen LogP contribution in [0.3, 0.4) is 0 Å². The number of carbonyl (C=O) groups excluding carboxylic acids is 1. The average molecular weight is 469 g/mol. The van der Waals surface area contributed by atoms with Gasteiger partial charge in [-0.3, -0.25) is 4.79 Å². The molecule has 0 N–H and O–H groups in total. The molecule has 5 rings (SSSR count). The number of esters is 1. The van der Waals surface area contributed by atoms with Crippen molar-refractivity contribution in [2.24, 2.45) is 56.7 Å². The van der Waals surface area contributed by atoms with Crippen LogP contribution in [-0.2, 0) is 9.53 Å². The van der Waals surface area contributed by atoms with Crippen LogP contribution in [0.4, 0.5) is 0 Å². The highest BCUT2D eigenvalue weighted by Gasteiger charge is 2.71. The summed E-state index contributed by atoms with van der Waals surface area (Å²) in [6, 6.07) is 0. The Balaban J connectivity index is 1.48. The van der Waals surface area contributed by atoms with Gasteiger partial charge in [0.15, 0.2) is 0 Å². The molecule has 5 aliphatic carbocycles. The summed E-state index contributed by atoms with van der Waals surface area (Å²) in [5, 5.41) is 0. The van der Waals surface area contributed by atoms with Gasteiger partial charge in [0, 0.05) is 12.3 Å². The summed E-state index contributed by atoms with van der Waals surface area (Å²) in [4.78, 5) is 11.9. The molecular weight excluding hydrogens is 416 g/mol. The van der Waals surface area contributed by atoms with Gasteiger partial charge in [-0.15, -0.1) is 0 Å². The van der Waals surface area contributed by atoms with E-state index in [2.05, 4.69) is 55.0 Å². The van der Waals surface area contributed by atoms with Crippen LogP contribution in [-0.4, -0.2) is 12.1 Å². The Kier molecular flexibility index (Phi) is 5.57. The number of fused-ring (bicyclic) bond motifs is 7. The number of carbonyl (C=O) groups is 1. The van der Waals surface area contributed by atoms with Crippen LogP contribution in [0.25, 0.3) is 0 Å². The molecule has 2 heteroatoms. The molecule has 0 unspecified atom stereocenters. The Morgan fingerprint density at radius 2 is 1.26 bits per heavy atom. The van der Waals surface area contributed by atoms with Crippen molar-refractivity contribution in [2.45, 2.75) is 126 Å². The Morgan fingerprint density at radius 3 is 1.85 bits per heavy atom. The van der Waals surface area contributed by atoms with E-state index in [1.54, 1.807) is 6.92 Å². The summed E-state index contributed by atoms with van der Waals surface area (Å²) in [7, 11) is 0. The second kappa shape index (κ2) is 7.61. The lowest BCUT2D eigenvalue weighted by molar-refractivity contribution is -0.253. The molecule has 0 aliphatic heterocycles. The van der Waals surface area contributed by atoms with E-state index in [0.717, 1.165) is 30.1 Å². The summed E-state index contributed by atoms with van der Waals surface area (Å²) in [5.74, 6) is 3.79. The smallest absolute Gasteiger partial charge is 0.302 e. The first-order chi connectivity index (χ1) is 15.7. The molecule has 0 aromatic carbocycles. The SMILES string of the molecule is C=C(C)[C@@H]1CC[C@]2(C)[C@H]3CC[C@@H]4[C@@]5(C)CC[C@H](OC(C)=O)C(C)(C)[C@@H]5CC[C@@]4(C)[C@]3(C)CC[C@@H]12. The third-order valence-electron chi connectivity index (χ3n) is 13.8. The van der Waals surface area contributed by atoms with Crippen molar-refractivity contribution in [3.63, 3.8) is 0 Å². The number of allylic oxidation sites excluding steroid dienone is 1. The van der Waals surface area contributed by atoms with Crippen LogP contribution < -0.4 is 0 Å². The first-order valence-corrected chi connectivity index (χ1v) is 14.5. The van der Waals surface area contributed by atoms with E-state index in [9.17, 15) is 4.79 Å². The molecule has 0 saturated heterocycles. The van der Waals surface area contributed by atoms with E-state index < -0.39 is 0 Å². The molecule has 5 saturated carbocycles. The molecule has 0 radical (unpaired) electrons. The lowest BCUT2D eigenvalue weighted by Crippen LogP contribution is -2.67. The van der Waals surface area contributed by atoms with Crippen molar-refractivity contribution in [3.8, 4) is 0 Å². The maximum Gasteiger partial charge on any atom is 0.302 e.